The first kappa shape index (κ1) is 14.9. The van der Waals surface area contributed by atoms with E-state index in [9.17, 15) is 14.7 Å². The fraction of sp³-hybridized carbons (Fsp3) is 0.286. The third-order valence-electron chi connectivity index (χ3n) is 2.76. The van der Waals surface area contributed by atoms with Gasteiger partial charge in [0.05, 0.1) is 6.54 Å². The van der Waals surface area contributed by atoms with Crippen LogP contribution in [0.4, 0.5) is 0 Å². The molecule has 1 heterocycles. The van der Waals surface area contributed by atoms with Gasteiger partial charge >= 0.3 is 11.9 Å². The first-order valence-electron chi connectivity index (χ1n) is 6.30. The Labute approximate surface area is 120 Å². The molecule has 0 spiro atoms. The van der Waals surface area contributed by atoms with Crippen LogP contribution in [-0.2, 0) is 23.8 Å². The van der Waals surface area contributed by atoms with Crippen LogP contribution in [0.3, 0.4) is 0 Å². The third-order valence-corrected chi connectivity index (χ3v) is 2.76. The Balaban J connectivity index is 2.02. The van der Waals surface area contributed by atoms with E-state index in [2.05, 4.69) is 0 Å². The number of phenols is 1. The number of esters is 2. The second kappa shape index (κ2) is 6.76. The van der Waals surface area contributed by atoms with Crippen molar-refractivity contribution in [3.8, 4) is 5.75 Å². The third kappa shape index (κ3) is 3.73. The molecule has 0 unspecified atom stereocenters. The molecule has 1 aliphatic rings. The highest BCUT2D eigenvalue weighted by Gasteiger charge is 2.27. The van der Waals surface area contributed by atoms with Gasteiger partial charge in [0, 0.05) is 0 Å². The van der Waals surface area contributed by atoms with Crippen LogP contribution in [0.5, 0.6) is 5.75 Å². The van der Waals surface area contributed by atoms with Crippen LogP contribution in [0.15, 0.2) is 30.0 Å². The normalized spacial score (nSPS) is 14.0. The van der Waals surface area contributed by atoms with Gasteiger partial charge in [-0.3, -0.25) is 4.79 Å². The number of rotatable bonds is 6. The Bertz CT molecular complexity index is 563. The molecule has 0 aromatic heterocycles. The van der Waals surface area contributed by atoms with Crippen LogP contribution in [0.2, 0.25) is 0 Å². The SMILES string of the molecule is NCC(=O)OCCOC1=C(c2ccc(O)cc2)C(=O)OC1. The fourth-order valence-electron chi connectivity index (χ4n) is 1.79. The van der Waals surface area contributed by atoms with Gasteiger partial charge in [-0.05, 0) is 17.7 Å². The summed E-state index contributed by atoms with van der Waals surface area (Å²) in [6, 6.07) is 6.12. The summed E-state index contributed by atoms with van der Waals surface area (Å²) in [6.07, 6.45) is 0. The summed E-state index contributed by atoms with van der Waals surface area (Å²) in [5.74, 6) is -0.545. The maximum Gasteiger partial charge on any atom is 0.342 e. The number of ether oxygens (including phenoxy) is 3. The first-order chi connectivity index (χ1) is 10.1. The van der Waals surface area contributed by atoms with Crippen LogP contribution >= 0.6 is 0 Å². The second-order valence-electron chi connectivity index (χ2n) is 4.19. The lowest BCUT2D eigenvalue weighted by Gasteiger charge is -2.08. The van der Waals surface area contributed by atoms with Gasteiger partial charge in [-0.2, -0.15) is 0 Å². The van der Waals surface area contributed by atoms with Crippen molar-refractivity contribution in [3.63, 3.8) is 0 Å². The molecule has 0 fully saturated rings. The molecule has 0 bridgehead atoms. The monoisotopic (exact) mass is 293 g/mol. The van der Waals surface area contributed by atoms with Crippen molar-refractivity contribution >= 4 is 17.5 Å². The molecular weight excluding hydrogens is 278 g/mol. The summed E-state index contributed by atoms with van der Waals surface area (Å²) in [7, 11) is 0. The molecule has 0 amide bonds. The van der Waals surface area contributed by atoms with E-state index in [1.807, 2.05) is 0 Å². The lowest BCUT2D eigenvalue weighted by Crippen LogP contribution is -2.19. The highest BCUT2D eigenvalue weighted by molar-refractivity contribution is 6.18. The summed E-state index contributed by atoms with van der Waals surface area (Å²) < 4.78 is 15.1. The maximum absolute atomic E-state index is 11.7. The van der Waals surface area contributed by atoms with Crippen LogP contribution in [-0.4, -0.2) is 43.4 Å². The van der Waals surface area contributed by atoms with Crippen LogP contribution < -0.4 is 5.73 Å². The molecule has 3 N–H and O–H groups in total. The number of hydrogen-bond acceptors (Lipinski definition) is 7. The molecular formula is C14H15NO6. The van der Waals surface area contributed by atoms with Gasteiger partial charge in [0.1, 0.15) is 36.9 Å². The zero-order valence-corrected chi connectivity index (χ0v) is 11.2. The molecule has 7 heteroatoms. The first-order valence-corrected chi connectivity index (χ1v) is 6.30. The zero-order chi connectivity index (χ0) is 15.2. The molecule has 1 aromatic carbocycles. The molecule has 0 saturated heterocycles. The molecule has 0 saturated carbocycles. The summed E-state index contributed by atoms with van der Waals surface area (Å²) in [4.78, 5) is 22.6. The fourth-order valence-corrected chi connectivity index (χ4v) is 1.79. The highest BCUT2D eigenvalue weighted by atomic mass is 16.6. The average molecular weight is 293 g/mol. The Hall–Kier alpha value is -2.54. The average Bonchev–Trinajstić information content (AvgIpc) is 2.85. The van der Waals surface area contributed by atoms with E-state index in [1.54, 1.807) is 12.1 Å². The van der Waals surface area contributed by atoms with Gasteiger partial charge in [0.25, 0.3) is 0 Å². The summed E-state index contributed by atoms with van der Waals surface area (Å²) in [6.45, 7) is -0.0290. The number of carbonyl (C=O) groups excluding carboxylic acids is 2. The van der Waals surface area contributed by atoms with Gasteiger partial charge in [-0.1, -0.05) is 12.1 Å². The Morgan fingerprint density at radius 2 is 2.00 bits per heavy atom. The molecule has 0 radical (unpaired) electrons. The zero-order valence-electron chi connectivity index (χ0n) is 11.2. The molecule has 7 nitrogen and oxygen atoms in total. The summed E-state index contributed by atoms with van der Waals surface area (Å²) in [5, 5.41) is 9.26. The summed E-state index contributed by atoms with van der Waals surface area (Å²) >= 11 is 0. The number of hydrogen-bond donors (Lipinski definition) is 2. The lowest BCUT2D eigenvalue weighted by molar-refractivity contribution is -0.143. The van der Waals surface area contributed by atoms with Crippen molar-refractivity contribution in [2.75, 3.05) is 26.4 Å². The van der Waals surface area contributed by atoms with Gasteiger partial charge < -0.3 is 25.1 Å². The number of cyclic esters (lactones) is 1. The molecule has 1 aromatic rings. The van der Waals surface area contributed by atoms with Crippen molar-refractivity contribution in [1.82, 2.24) is 0 Å². The smallest absolute Gasteiger partial charge is 0.342 e. The van der Waals surface area contributed by atoms with E-state index in [4.69, 9.17) is 19.9 Å². The van der Waals surface area contributed by atoms with Gasteiger partial charge in [-0.15, -0.1) is 0 Å². The molecule has 0 atom stereocenters. The Morgan fingerprint density at radius 1 is 1.29 bits per heavy atom. The van der Waals surface area contributed by atoms with E-state index in [-0.39, 0.29) is 32.1 Å². The van der Waals surface area contributed by atoms with Crippen molar-refractivity contribution in [3.05, 3.63) is 35.6 Å². The van der Waals surface area contributed by atoms with Crippen molar-refractivity contribution in [2.45, 2.75) is 0 Å². The molecule has 21 heavy (non-hydrogen) atoms. The van der Waals surface area contributed by atoms with Crippen molar-refractivity contribution in [1.29, 1.82) is 0 Å². The van der Waals surface area contributed by atoms with Gasteiger partial charge in [0.15, 0.2) is 0 Å². The van der Waals surface area contributed by atoms with E-state index >= 15 is 0 Å². The molecule has 112 valence electrons. The topological polar surface area (TPSA) is 108 Å². The minimum Gasteiger partial charge on any atom is -0.508 e. The molecule has 2 rings (SSSR count). The maximum atomic E-state index is 11.7. The number of phenolic OH excluding ortho intramolecular Hbond substituents is 1. The Kier molecular flexibility index (Phi) is 4.78. The van der Waals surface area contributed by atoms with Gasteiger partial charge in [-0.25, -0.2) is 4.79 Å². The van der Waals surface area contributed by atoms with Crippen LogP contribution in [0.25, 0.3) is 5.57 Å². The minimum atomic E-state index is -0.523. The second-order valence-corrected chi connectivity index (χ2v) is 4.19. The predicted octanol–water partition coefficient (Wildman–Crippen LogP) is 0.179. The number of benzene rings is 1. The lowest BCUT2D eigenvalue weighted by atomic mass is 10.1. The van der Waals surface area contributed by atoms with Gasteiger partial charge in [0.2, 0.25) is 0 Å². The summed E-state index contributed by atoms with van der Waals surface area (Å²) in [5.41, 5.74) is 5.99. The standard InChI is InChI=1S/C14H15NO6/c15-7-12(17)20-6-5-19-11-8-21-14(18)13(11)9-1-3-10(16)4-2-9/h1-4,16H,5-8,15H2. The number of nitrogens with two attached hydrogens (primary N) is 1. The minimum absolute atomic E-state index is 0.0277. The number of carbonyl (C=O) groups is 2. The van der Waals surface area contributed by atoms with Crippen LogP contribution in [0.1, 0.15) is 5.56 Å². The molecule has 1 aliphatic heterocycles. The van der Waals surface area contributed by atoms with E-state index in [0.29, 0.717) is 16.9 Å². The number of aromatic hydroxyl groups is 1. The van der Waals surface area contributed by atoms with E-state index in [1.165, 1.54) is 12.1 Å². The predicted molar refractivity (Wildman–Crippen MR) is 72.0 cm³/mol. The quantitative estimate of drug-likeness (QED) is 0.569. The van der Waals surface area contributed by atoms with Crippen molar-refractivity contribution < 1.29 is 28.9 Å². The van der Waals surface area contributed by atoms with Crippen LogP contribution in [0, 0.1) is 0 Å². The highest BCUT2D eigenvalue weighted by Crippen LogP contribution is 2.27. The Morgan fingerprint density at radius 3 is 2.67 bits per heavy atom. The van der Waals surface area contributed by atoms with Crippen molar-refractivity contribution in [2.24, 2.45) is 5.73 Å². The van der Waals surface area contributed by atoms with E-state index < -0.39 is 11.9 Å². The van der Waals surface area contributed by atoms with E-state index in [0.717, 1.165) is 0 Å². The molecule has 0 aliphatic carbocycles. The largest absolute Gasteiger partial charge is 0.508 e.